The quantitative estimate of drug-likeness (QED) is 0.184. The first-order valence-electron chi connectivity index (χ1n) is 14.6. The lowest BCUT2D eigenvalue weighted by atomic mass is 10.0. The van der Waals surface area contributed by atoms with E-state index in [1.807, 2.05) is 64.2 Å². The van der Waals surface area contributed by atoms with Crippen LogP contribution in [-0.2, 0) is 16.0 Å². The average molecular weight is 539 g/mol. The molecular weight excluding hydrogens is 486 g/mol. The summed E-state index contributed by atoms with van der Waals surface area (Å²) < 4.78 is 6.28. The lowest BCUT2D eigenvalue weighted by Gasteiger charge is -2.33. The van der Waals surface area contributed by atoms with Crippen LogP contribution < -0.4 is 10.1 Å². The van der Waals surface area contributed by atoms with E-state index in [1.54, 1.807) is 7.11 Å². The zero-order valence-corrected chi connectivity index (χ0v) is 25.6. The monoisotopic (exact) mass is 538 g/mol. The number of hydrogen-bond donors (Lipinski definition) is 1. The second-order valence-corrected chi connectivity index (χ2v) is 11.5. The molecule has 0 saturated heterocycles. The highest BCUT2D eigenvalue weighted by molar-refractivity contribution is 5.93. The summed E-state index contributed by atoms with van der Waals surface area (Å²) in [4.78, 5) is 27.5. The van der Waals surface area contributed by atoms with Crippen LogP contribution in [0.15, 0.2) is 36.4 Å². The first-order valence-corrected chi connectivity index (χ1v) is 14.6. The van der Waals surface area contributed by atoms with Gasteiger partial charge in [-0.05, 0) is 83.3 Å². The second kappa shape index (κ2) is 16.4. The predicted molar refractivity (Wildman–Crippen MR) is 163 cm³/mol. The smallest absolute Gasteiger partial charge is 0.238 e. The van der Waals surface area contributed by atoms with Crippen molar-refractivity contribution in [3.63, 3.8) is 0 Å². The zero-order chi connectivity index (χ0) is 28.8. The van der Waals surface area contributed by atoms with Crippen LogP contribution in [0, 0.1) is 20.8 Å². The summed E-state index contributed by atoms with van der Waals surface area (Å²) in [7, 11) is 5.89. The maximum atomic E-state index is 13.0. The van der Waals surface area contributed by atoms with E-state index in [1.165, 1.54) is 25.7 Å². The van der Waals surface area contributed by atoms with Gasteiger partial charge >= 0.3 is 0 Å². The van der Waals surface area contributed by atoms with E-state index in [4.69, 9.17) is 4.74 Å². The molecule has 2 rings (SSSR count). The van der Waals surface area contributed by atoms with Crippen molar-refractivity contribution < 1.29 is 18.8 Å². The molecule has 0 saturated carbocycles. The van der Waals surface area contributed by atoms with Gasteiger partial charge in [-0.1, -0.05) is 49.6 Å². The predicted octanol–water partition coefficient (Wildman–Crippen LogP) is 6.11. The molecule has 0 heterocycles. The first kappa shape index (κ1) is 32.5. The van der Waals surface area contributed by atoms with Gasteiger partial charge in [0.2, 0.25) is 5.91 Å². The van der Waals surface area contributed by atoms with Crippen molar-refractivity contribution in [2.24, 2.45) is 0 Å². The highest BCUT2D eigenvalue weighted by atomic mass is 16.5. The Kier molecular flexibility index (Phi) is 13.7. The van der Waals surface area contributed by atoms with E-state index in [0.29, 0.717) is 19.5 Å². The summed E-state index contributed by atoms with van der Waals surface area (Å²) in [5.41, 5.74) is 5.25. The number of anilines is 1. The van der Waals surface area contributed by atoms with Crippen molar-refractivity contribution >= 4 is 17.4 Å². The molecule has 0 radical (unpaired) electrons. The van der Waals surface area contributed by atoms with Crippen molar-refractivity contribution in [3.8, 4) is 5.75 Å². The van der Waals surface area contributed by atoms with Crippen LogP contribution in [0.5, 0.6) is 5.75 Å². The van der Waals surface area contributed by atoms with E-state index < -0.39 is 0 Å². The Morgan fingerprint density at radius 3 is 2.13 bits per heavy atom. The fourth-order valence-corrected chi connectivity index (χ4v) is 5.22. The summed E-state index contributed by atoms with van der Waals surface area (Å²) in [5, 5.41) is 3.07. The molecule has 2 aromatic rings. The number of methoxy groups -OCH3 is 1. The molecule has 0 bridgehead atoms. The SMILES string of the molecule is CC[N+](C)(CCCCCCCCN(C)CC(=O)Nc1c(C)cccc1C)CC(=O)Cc1c(C)cccc1OC. The van der Waals surface area contributed by atoms with Gasteiger partial charge in [0.25, 0.3) is 0 Å². The number of unbranched alkanes of at least 4 members (excludes halogenated alkanes) is 5. The molecule has 0 aromatic heterocycles. The fraction of sp³-hybridized carbons (Fsp3) is 0.576. The number of nitrogens with zero attached hydrogens (tertiary/aromatic N) is 2. The normalized spacial score (nSPS) is 12.8. The Hall–Kier alpha value is -2.70. The topological polar surface area (TPSA) is 58.6 Å². The van der Waals surface area contributed by atoms with Crippen LogP contribution >= 0.6 is 0 Å². The molecule has 1 N–H and O–H groups in total. The number of hydrogen-bond acceptors (Lipinski definition) is 4. The van der Waals surface area contributed by atoms with Gasteiger partial charge in [0.05, 0.1) is 33.8 Å². The van der Waals surface area contributed by atoms with Gasteiger partial charge in [-0.25, -0.2) is 0 Å². The molecule has 0 spiro atoms. The highest BCUT2D eigenvalue weighted by Crippen LogP contribution is 2.23. The van der Waals surface area contributed by atoms with Gasteiger partial charge in [0.15, 0.2) is 5.78 Å². The molecule has 39 heavy (non-hydrogen) atoms. The summed E-state index contributed by atoms with van der Waals surface area (Å²) in [6, 6.07) is 12.0. The number of Topliss-reactive ketones (excluding diaryl/α,β-unsaturated/α-hetero) is 1. The number of quaternary nitrogens is 1. The molecule has 1 atom stereocenters. The summed E-state index contributed by atoms with van der Waals surface area (Å²) in [6.07, 6.45) is 7.49. The number of benzene rings is 2. The first-order chi connectivity index (χ1) is 18.6. The van der Waals surface area contributed by atoms with Crippen molar-refractivity contribution in [1.82, 2.24) is 4.90 Å². The third kappa shape index (κ3) is 11.1. The Morgan fingerprint density at radius 1 is 0.897 bits per heavy atom. The fourth-order valence-electron chi connectivity index (χ4n) is 5.22. The molecular formula is C33H52N3O3+. The second-order valence-electron chi connectivity index (χ2n) is 11.5. The van der Waals surface area contributed by atoms with E-state index in [2.05, 4.69) is 24.2 Å². The standard InChI is InChI=1S/C33H51N3O3/c1-8-36(6,25-29(37)23-30-26(2)17-16-20-31(30)39-7)22-14-12-10-9-11-13-21-35(5)24-32(38)34-33-27(3)18-15-19-28(33)4/h15-20H,8-14,21-25H2,1-7H3/p+1. The van der Waals surface area contributed by atoms with E-state index >= 15 is 0 Å². The molecule has 6 heteroatoms. The van der Waals surface area contributed by atoms with Crippen LogP contribution in [0.3, 0.4) is 0 Å². The lowest BCUT2D eigenvalue weighted by Crippen LogP contribution is -2.48. The molecule has 1 unspecified atom stereocenters. The minimum Gasteiger partial charge on any atom is -0.496 e. The Balaban J connectivity index is 1.61. The van der Waals surface area contributed by atoms with Crippen LogP contribution in [0.2, 0.25) is 0 Å². The zero-order valence-electron chi connectivity index (χ0n) is 25.6. The summed E-state index contributed by atoms with van der Waals surface area (Å²) in [5.74, 6) is 1.13. The number of carbonyl (C=O) groups is 2. The minimum atomic E-state index is 0.0449. The molecule has 1 amide bonds. The number of amides is 1. The number of likely N-dealkylation sites (N-methyl/N-ethyl adjacent to an activating group) is 2. The number of aryl methyl sites for hydroxylation is 3. The van der Waals surface area contributed by atoms with E-state index in [9.17, 15) is 9.59 Å². The van der Waals surface area contributed by atoms with Crippen LogP contribution in [0.1, 0.15) is 67.7 Å². The van der Waals surface area contributed by atoms with Gasteiger partial charge in [-0.2, -0.15) is 0 Å². The van der Waals surface area contributed by atoms with Crippen molar-refractivity contribution in [2.45, 2.75) is 72.6 Å². The van der Waals surface area contributed by atoms with Gasteiger partial charge in [0, 0.05) is 17.7 Å². The molecule has 6 nitrogen and oxygen atoms in total. The average Bonchev–Trinajstić information content (AvgIpc) is 2.89. The number of para-hydroxylation sites is 1. The summed E-state index contributed by atoms with van der Waals surface area (Å²) >= 11 is 0. The largest absolute Gasteiger partial charge is 0.496 e. The van der Waals surface area contributed by atoms with Crippen molar-refractivity contribution in [1.29, 1.82) is 0 Å². The number of carbonyl (C=O) groups excluding carboxylic acids is 2. The van der Waals surface area contributed by atoms with Crippen LogP contribution in [0.25, 0.3) is 0 Å². The van der Waals surface area contributed by atoms with Crippen molar-refractivity contribution in [2.75, 3.05) is 59.2 Å². The molecule has 0 fully saturated rings. The maximum absolute atomic E-state index is 13.0. The number of nitrogens with one attached hydrogen (secondary N) is 1. The van der Waals surface area contributed by atoms with Gasteiger partial charge in [-0.15, -0.1) is 0 Å². The van der Waals surface area contributed by atoms with E-state index in [-0.39, 0.29) is 11.7 Å². The maximum Gasteiger partial charge on any atom is 0.238 e. The Bertz CT molecular complexity index is 1050. The minimum absolute atomic E-state index is 0.0449. The molecule has 2 aromatic carbocycles. The van der Waals surface area contributed by atoms with Gasteiger partial charge in [0.1, 0.15) is 12.3 Å². The third-order valence-corrected chi connectivity index (χ3v) is 7.93. The summed E-state index contributed by atoms with van der Waals surface area (Å²) in [6.45, 7) is 12.2. The van der Waals surface area contributed by atoms with Crippen LogP contribution in [-0.4, -0.2) is 75.0 Å². The molecule has 216 valence electrons. The molecule has 0 aliphatic heterocycles. The van der Waals surface area contributed by atoms with Crippen LogP contribution in [0.4, 0.5) is 5.69 Å². The van der Waals surface area contributed by atoms with Crippen molar-refractivity contribution in [3.05, 3.63) is 58.7 Å². The Labute approximate surface area is 237 Å². The third-order valence-electron chi connectivity index (χ3n) is 7.93. The lowest BCUT2D eigenvalue weighted by molar-refractivity contribution is -0.900. The number of rotatable bonds is 18. The Morgan fingerprint density at radius 2 is 1.49 bits per heavy atom. The van der Waals surface area contributed by atoms with E-state index in [0.717, 1.165) is 70.6 Å². The molecule has 0 aliphatic carbocycles. The molecule has 0 aliphatic rings. The highest BCUT2D eigenvalue weighted by Gasteiger charge is 2.24. The van der Waals surface area contributed by atoms with Gasteiger partial charge in [-0.3, -0.25) is 14.5 Å². The number of ether oxygens (including phenoxy) is 1. The van der Waals surface area contributed by atoms with Gasteiger partial charge < -0.3 is 14.5 Å². The number of ketones is 1.